The van der Waals surface area contributed by atoms with E-state index < -0.39 is 10.0 Å². The summed E-state index contributed by atoms with van der Waals surface area (Å²) >= 11 is 5.79. The molecule has 0 saturated carbocycles. The molecule has 1 aromatic carbocycles. The molecule has 20 heavy (non-hydrogen) atoms. The van der Waals surface area contributed by atoms with Gasteiger partial charge in [0, 0.05) is 19.0 Å². The van der Waals surface area contributed by atoms with Crippen LogP contribution in [0.4, 0.5) is 0 Å². The highest BCUT2D eigenvalue weighted by Crippen LogP contribution is 2.39. The fourth-order valence-electron chi connectivity index (χ4n) is 2.86. The summed E-state index contributed by atoms with van der Waals surface area (Å²) in [5, 5.41) is 0. The molecule has 1 fully saturated rings. The zero-order valence-corrected chi connectivity index (χ0v) is 13.7. The number of hydrogen-bond acceptors (Lipinski definition) is 2. The lowest BCUT2D eigenvalue weighted by Crippen LogP contribution is -2.31. The molecule has 1 aliphatic heterocycles. The van der Waals surface area contributed by atoms with Gasteiger partial charge < -0.3 is 0 Å². The minimum Gasteiger partial charge on any atom is -0.207 e. The van der Waals surface area contributed by atoms with Gasteiger partial charge in [-0.25, -0.2) is 8.42 Å². The highest BCUT2D eigenvalue weighted by molar-refractivity contribution is 7.89. The second-order valence-electron chi connectivity index (χ2n) is 5.58. The summed E-state index contributed by atoms with van der Waals surface area (Å²) in [6, 6.07) is 6.94. The molecule has 0 amide bonds. The van der Waals surface area contributed by atoms with Crippen molar-refractivity contribution in [2.45, 2.75) is 43.9 Å². The van der Waals surface area contributed by atoms with Gasteiger partial charge in [0.1, 0.15) is 0 Å². The van der Waals surface area contributed by atoms with Gasteiger partial charge >= 0.3 is 0 Å². The molecule has 1 heterocycles. The normalized spacial score (nSPS) is 19.4. The molecule has 3 nitrogen and oxygen atoms in total. The lowest BCUT2D eigenvalue weighted by atomic mass is 9.82. The van der Waals surface area contributed by atoms with Gasteiger partial charge in [0.2, 0.25) is 10.0 Å². The molecule has 0 spiro atoms. The number of hydrogen-bond donors (Lipinski definition) is 0. The van der Waals surface area contributed by atoms with E-state index in [0.29, 0.717) is 23.9 Å². The first kappa shape index (κ1) is 15.8. The summed E-state index contributed by atoms with van der Waals surface area (Å²) < 4.78 is 27.0. The van der Waals surface area contributed by atoms with Gasteiger partial charge in [0.05, 0.1) is 4.90 Å². The molecule has 2 rings (SSSR count). The largest absolute Gasteiger partial charge is 0.243 e. The van der Waals surface area contributed by atoms with Crippen molar-refractivity contribution in [3.05, 3.63) is 29.8 Å². The van der Waals surface area contributed by atoms with Crippen LogP contribution in [0.3, 0.4) is 0 Å². The van der Waals surface area contributed by atoms with Crippen molar-refractivity contribution < 1.29 is 8.42 Å². The van der Waals surface area contributed by atoms with Crippen molar-refractivity contribution in [1.82, 2.24) is 4.31 Å². The van der Waals surface area contributed by atoms with E-state index in [1.165, 1.54) is 0 Å². The number of nitrogens with zero attached hydrogens (tertiary/aromatic N) is 1. The Kier molecular flexibility index (Phi) is 4.77. The predicted octanol–water partition coefficient (Wildman–Crippen LogP) is 3.63. The molecule has 0 aromatic heterocycles. The Morgan fingerprint density at radius 2 is 2.00 bits per heavy atom. The second-order valence-corrected chi connectivity index (χ2v) is 7.78. The van der Waals surface area contributed by atoms with Crippen molar-refractivity contribution in [3.8, 4) is 0 Å². The summed E-state index contributed by atoms with van der Waals surface area (Å²) in [5.41, 5.74) is 0.987. The van der Waals surface area contributed by atoms with E-state index in [1.807, 2.05) is 6.07 Å². The third-order valence-electron chi connectivity index (χ3n) is 4.59. The SMILES string of the molecule is CCC1(CC)CCN(S(=O)(=O)c2cccc(CCl)c2)C1. The first-order valence-electron chi connectivity index (χ1n) is 7.12. The van der Waals surface area contributed by atoms with Crippen molar-refractivity contribution in [2.75, 3.05) is 13.1 Å². The van der Waals surface area contributed by atoms with Gasteiger partial charge in [0.25, 0.3) is 0 Å². The molecule has 112 valence electrons. The van der Waals surface area contributed by atoms with Crippen LogP contribution in [-0.2, 0) is 15.9 Å². The van der Waals surface area contributed by atoms with E-state index in [9.17, 15) is 8.42 Å². The van der Waals surface area contributed by atoms with Gasteiger partial charge in [-0.1, -0.05) is 26.0 Å². The van der Waals surface area contributed by atoms with Gasteiger partial charge in [-0.2, -0.15) is 4.31 Å². The molecule has 1 saturated heterocycles. The third-order valence-corrected chi connectivity index (χ3v) is 6.74. The fraction of sp³-hybridized carbons (Fsp3) is 0.600. The standard InChI is InChI=1S/C15H22ClNO2S/c1-3-15(4-2)8-9-17(12-15)20(18,19)14-7-5-6-13(10-14)11-16/h5-7,10H,3-4,8-9,11-12H2,1-2H3. The van der Waals surface area contributed by atoms with E-state index in [4.69, 9.17) is 11.6 Å². The number of alkyl halides is 1. The van der Waals surface area contributed by atoms with Crippen LogP contribution in [-0.4, -0.2) is 25.8 Å². The molecule has 1 aromatic rings. The zero-order chi connectivity index (χ0) is 14.8. The lowest BCUT2D eigenvalue weighted by Gasteiger charge is -2.26. The van der Waals surface area contributed by atoms with E-state index in [2.05, 4.69) is 13.8 Å². The number of benzene rings is 1. The Balaban J connectivity index is 2.28. The van der Waals surface area contributed by atoms with Crippen LogP contribution in [0.25, 0.3) is 0 Å². The fourth-order valence-corrected chi connectivity index (χ4v) is 4.66. The Labute approximate surface area is 127 Å². The smallest absolute Gasteiger partial charge is 0.207 e. The highest BCUT2D eigenvalue weighted by Gasteiger charge is 2.40. The third kappa shape index (κ3) is 2.87. The minimum absolute atomic E-state index is 0.150. The number of halogens is 1. The Bertz CT molecular complexity index is 567. The maximum absolute atomic E-state index is 12.7. The Morgan fingerprint density at radius 1 is 1.30 bits per heavy atom. The van der Waals surface area contributed by atoms with E-state index in [1.54, 1.807) is 22.5 Å². The maximum atomic E-state index is 12.7. The van der Waals surface area contributed by atoms with Gasteiger partial charge in [-0.05, 0) is 42.4 Å². The topological polar surface area (TPSA) is 37.4 Å². The van der Waals surface area contributed by atoms with Crippen LogP contribution in [0.15, 0.2) is 29.2 Å². The van der Waals surface area contributed by atoms with E-state index in [0.717, 1.165) is 24.8 Å². The number of rotatable bonds is 5. The quantitative estimate of drug-likeness (QED) is 0.778. The molecule has 0 bridgehead atoms. The summed E-state index contributed by atoms with van der Waals surface area (Å²) in [6.07, 6.45) is 3.00. The van der Waals surface area contributed by atoms with Crippen LogP contribution in [0.1, 0.15) is 38.7 Å². The van der Waals surface area contributed by atoms with Crippen molar-refractivity contribution in [2.24, 2.45) is 5.41 Å². The Morgan fingerprint density at radius 3 is 2.55 bits per heavy atom. The highest BCUT2D eigenvalue weighted by atomic mass is 35.5. The summed E-state index contributed by atoms with van der Waals surface area (Å²) in [5.74, 6) is 0.331. The molecule has 0 N–H and O–H groups in total. The maximum Gasteiger partial charge on any atom is 0.243 e. The van der Waals surface area contributed by atoms with E-state index >= 15 is 0 Å². The molecular weight excluding hydrogens is 294 g/mol. The van der Waals surface area contributed by atoms with Gasteiger partial charge in [-0.3, -0.25) is 0 Å². The molecule has 0 aliphatic carbocycles. The molecule has 0 radical (unpaired) electrons. The molecule has 5 heteroatoms. The van der Waals surface area contributed by atoms with Crippen LogP contribution < -0.4 is 0 Å². The molecular formula is C15H22ClNO2S. The van der Waals surface area contributed by atoms with Crippen molar-refractivity contribution in [3.63, 3.8) is 0 Å². The monoisotopic (exact) mass is 315 g/mol. The Hall–Kier alpha value is -0.580. The predicted molar refractivity (Wildman–Crippen MR) is 82.4 cm³/mol. The van der Waals surface area contributed by atoms with Crippen molar-refractivity contribution in [1.29, 1.82) is 0 Å². The van der Waals surface area contributed by atoms with Crippen LogP contribution >= 0.6 is 11.6 Å². The average Bonchev–Trinajstić information content (AvgIpc) is 2.93. The van der Waals surface area contributed by atoms with Crippen LogP contribution in [0.5, 0.6) is 0 Å². The van der Waals surface area contributed by atoms with Gasteiger partial charge in [0.15, 0.2) is 0 Å². The molecule has 0 atom stereocenters. The zero-order valence-electron chi connectivity index (χ0n) is 12.1. The summed E-state index contributed by atoms with van der Waals surface area (Å²) in [7, 11) is -3.39. The average molecular weight is 316 g/mol. The first-order valence-corrected chi connectivity index (χ1v) is 9.10. The van der Waals surface area contributed by atoms with Crippen LogP contribution in [0, 0.1) is 5.41 Å². The summed E-state index contributed by atoms with van der Waals surface area (Å²) in [6.45, 7) is 5.55. The van der Waals surface area contributed by atoms with E-state index in [-0.39, 0.29) is 5.41 Å². The van der Waals surface area contributed by atoms with Crippen molar-refractivity contribution >= 4 is 21.6 Å². The minimum atomic E-state index is -3.39. The molecule has 0 unspecified atom stereocenters. The first-order chi connectivity index (χ1) is 9.47. The summed E-state index contributed by atoms with van der Waals surface area (Å²) in [4.78, 5) is 0.360. The molecule has 1 aliphatic rings. The van der Waals surface area contributed by atoms with Crippen LogP contribution in [0.2, 0.25) is 0 Å². The number of sulfonamides is 1. The lowest BCUT2D eigenvalue weighted by molar-refractivity contribution is 0.279. The second kappa shape index (κ2) is 6.04. The van der Waals surface area contributed by atoms with Gasteiger partial charge in [-0.15, -0.1) is 11.6 Å².